The molecule has 3 aliphatic rings. The van der Waals surface area contributed by atoms with E-state index >= 15 is 0 Å². The van der Waals surface area contributed by atoms with Crippen LogP contribution >= 0.6 is 0 Å². The van der Waals surface area contributed by atoms with Crippen LogP contribution < -0.4 is 4.74 Å². The van der Waals surface area contributed by atoms with Gasteiger partial charge in [-0.05, 0) is 86.4 Å². The fourth-order valence-electron chi connectivity index (χ4n) is 6.52. The number of carbonyl (C=O) groups excluding carboxylic acids is 2. The van der Waals surface area contributed by atoms with Gasteiger partial charge < -0.3 is 19.5 Å². The average Bonchev–Trinajstić information content (AvgIpc) is 3.88. The standard InChI is InChI=1S/C34H38FN3O4.CH2O2/c1-4-42-31-18-22(17-28(23-5-6-23)32(31)24-7-9-25(35)10-8-24)20-37-14-11-26(12-15-37)38-16-13-30-29(33(38)39)19-27(21(2)36-30)34(40)41-3;2-1-3/h7-10,17-19,23,26H,4-6,11-16,20H2,1-3H3;1H,(H,2,3). The molecule has 0 spiro atoms. The summed E-state index contributed by atoms with van der Waals surface area (Å²) in [5, 5.41) is 6.89. The fraction of sp³-hybridized carbons (Fsp3) is 0.429. The molecule has 6 rings (SSSR count). The van der Waals surface area contributed by atoms with Crippen molar-refractivity contribution >= 4 is 18.3 Å². The maximum Gasteiger partial charge on any atom is 0.339 e. The summed E-state index contributed by atoms with van der Waals surface area (Å²) in [4.78, 5) is 43.1. The van der Waals surface area contributed by atoms with E-state index in [2.05, 4.69) is 22.0 Å². The quantitative estimate of drug-likeness (QED) is 0.256. The molecule has 9 nitrogen and oxygen atoms in total. The van der Waals surface area contributed by atoms with Crippen LogP contribution in [0.25, 0.3) is 11.1 Å². The number of carboxylic acid groups (broad SMARTS) is 1. The topological polar surface area (TPSA) is 109 Å². The Labute approximate surface area is 263 Å². The van der Waals surface area contributed by atoms with Gasteiger partial charge in [-0.2, -0.15) is 0 Å². The van der Waals surface area contributed by atoms with Crippen molar-refractivity contribution in [2.75, 3.05) is 33.4 Å². The lowest BCUT2D eigenvalue weighted by Gasteiger charge is -2.40. The molecule has 3 aromatic rings. The smallest absolute Gasteiger partial charge is 0.339 e. The van der Waals surface area contributed by atoms with Crippen LogP contribution in [-0.4, -0.2) is 77.6 Å². The van der Waals surface area contributed by atoms with E-state index in [4.69, 9.17) is 19.4 Å². The van der Waals surface area contributed by atoms with Gasteiger partial charge in [0.2, 0.25) is 0 Å². The summed E-state index contributed by atoms with van der Waals surface area (Å²) >= 11 is 0. The third-order valence-corrected chi connectivity index (χ3v) is 8.82. The zero-order chi connectivity index (χ0) is 32.1. The highest BCUT2D eigenvalue weighted by Crippen LogP contribution is 2.48. The van der Waals surface area contributed by atoms with E-state index in [1.807, 2.05) is 24.0 Å². The molecule has 1 aliphatic carbocycles. The van der Waals surface area contributed by atoms with Crippen LogP contribution in [0.3, 0.4) is 0 Å². The largest absolute Gasteiger partial charge is 0.493 e. The number of benzene rings is 2. The van der Waals surface area contributed by atoms with Crippen molar-refractivity contribution in [2.24, 2.45) is 0 Å². The van der Waals surface area contributed by atoms with Gasteiger partial charge in [0.25, 0.3) is 12.4 Å². The van der Waals surface area contributed by atoms with Crippen molar-refractivity contribution in [2.45, 2.75) is 64.5 Å². The summed E-state index contributed by atoms with van der Waals surface area (Å²) in [7, 11) is 1.34. The first-order valence-electron chi connectivity index (χ1n) is 15.5. The molecule has 238 valence electrons. The Kier molecular flexibility index (Phi) is 10.1. The lowest BCUT2D eigenvalue weighted by Crippen LogP contribution is -2.50. The molecular formula is C35H40FN3O6. The molecule has 2 aliphatic heterocycles. The lowest BCUT2D eigenvalue weighted by molar-refractivity contribution is -0.122. The number of ether oxygens (including phenoxy) is 2. The predicted molar refractivity (Wildman–Crippen MR) is 167 cm³/mol. The number of likely N-dealkylation sites (tertiary alicyclic amines) is 1. The molecule has 1 aromatic heterocycles. The Morgan fingerprint density at radius 2 is 1.78 bits per heavy atom. The average molecular weight is 618 g/mol. The maximum absolute atomic E-state index is 13.7. The van der Waals surface area contributed by atoms with Crippen molar-refractivity contribution in [3.63, 3.8) is 0 Å². The molecule has 10 heteroatoms. The molecule has 2 aromatic carbocycles. The van der Waals surface area contributed by atoms with Crippen molar-refractivity contribution in [3.05, 3.63) is 81.9 Å². The summed E-state index contributed by atoms with van der Waals surface area (Å²) in [6.07, 6.45) is 4.81. The van der Waals surface area contributed by atoms with Gasteiger partial charge >= 0.3 is 5.97 Å². The van der Waals surface area contributed by atoms with E-state index in [1.54, 1.807) is 13.0 Å². The minimum Gasteiger partial charge on any atom is -0.493 e. The molecule has 0 bridgehead atoms. The second kappa shape index (κ2) is 14.2. The van der Waals surface area contributed by atoms with Crippen LogP contribution in [0.1, 0.15) is 81.8 Å². The molecule has 1 saturated carbocycles. The van der Waals surface area contributed by atoms with Gasteiger partial charge in [-0.25, -0.2) is 9.18 Å². The van der Waals surface area contributed by atoms with Crippen LogP contribution in [0.5, 0.6) is 5.75 Å². The highest BCUT2D eigenvalue weighted by atomic mass is 19.1. The maximum atomic E-state index is 13.7. The Morgan fingerprint density at radius 1 is 1.09 bits per heavy atom. The minimum atomic E-state index is -0.468. The van der Waals surface area contributed by atoms with E-state index in [1.165, 1.54) is 30.4 Å². The number of carbonyl (C=O) groups is 3. The number of aromatic nitrogens is 1. The number of rotatable bonds is 8. The molecule has 2 fully saturated rings. The summed E-state index contributed by atoms with van der Waals surface area (Å²) in [6.45, 7) is 7.34. The number of piperidine rings is 1. The number of hydrogen-bond acceptors (Lipinski definition) is 7. The van der Waals surface area contributed by atoms with E-state index < -0.39 is 5.97 Å². The van der Waals surface area contributed by atoms with Crippen LogP contribution in [0, 0.1) is 12.7 Å². The molecule has 45 heavy (non-hydrogen) atoms. The van der Waals surface area contributed by atoms with Crippen LogP contribution in [0.15, 0.2) is 42.5 Å². The normalized spacial score (nSPS) is 16.8. The Balaban J connectivity index is 0.00000128. The number of nitrogens with zero attached hydrogens (tertiary/aromatic N) is 3. The Bertz CT molecular complexity index is 1550. The third-order valence-electron chi connectivity index (χ3n) is 8.82. The minimum absolute atomic E-state index is 0.0424. The van der Waals surface area contributed by atoms with Gasteiger partial charge in [0.05, 0.1) is 36.2 Å². The lowest BCUT2D eigenvalue weighted by atomic mass is 9.92. The first kappa shape index (κ1) is 32.1. The van der Waals surface area contributed by atoms with Gasteiger partial charge in [-0.15, -0.1) is 0 Å². The summed E-state index contributed by atoms with van der Waals surface area (Å²) < 4.78 is 24.7. The molecular weight excluding hydrogens is 577 g/mol. The van der Waals surface area contributed by atoms with Crippen molar-refractivity contribution < 1.29 is 33.4 Å². The molecule has 3 heterocycles. The SMILES string of the molecule is CCOc1cc(CN2CCC(N3CCc4nc(C)c(C(=O)OC)cc4C3=O)CC2)cc(C2CC2)c1-c1ccc(F)cc1.O=CO. The first-order valence-corrected chi connectivity index (χ1v) is 15.5. The fourth-order valence-corrected chi connectivity index (χ4v) is 6.52. The third kappa shape index (κ3) is 7.17. The number of halogens is 1. The van der Waals surface area contributed by atoms with E-state index in [-0.39, 0.29) is 24.2 Å². The van der Waals surface area contributed by atoms with E-state index in [0.29, 0.717) is 42.3 Å². The summed E-state index contributed by atoms with van der Waals surface area (Å²) in [5.74, 6) is 0.633. The van der Waals surface area contributed by atoms with Crippen molar-refractivity contribution in [3.8, 4) is 16.9 Å². The van der Waals surface area contributed by atoms with Gasteiger partial charge in [-0.1, -0.05) is 18.2 Å². The second-order valence-electron chi connectivity index (χ2n) is 11.7. The van der Waals surface area contributed by atoms with Crippen LogP contribution in [0.4, 0.5) is 4.39 Å². The zero-order valence-corrected chi connectivity index (χ0v) is 26.1. The van der Waals surface area contributed by atoms with Crippen LogP contribution in [0.2, 0.25) is 0 Å². The first-order chi connectivity index (χ1) is 21.8. The number of aryl methyl sites for hydroxylation is 1. The predicted octanol–water partition coefficient (Wildman–Crippen LogP) is 5.62. The summed E-state index contributed by atoms with van der Waals surface area (Å²) in [5.41, 5.74) is 6.83. The van der Waals surface area contributed by atoms with Crippen molar-refractivity contribution in [1.29, 1.82) is 0 Å². The van der Waals surface area contributed by atoms with E-state index in [9.17, 15) is 14.0 Å². The Hall–Kier alpha value is -4.31. The van der Waals surface area contributed by atoms with Gasteiger partial charge in [0.15, 0.2) is 0 Å². The van der Waals surface area contributed by atoms with Gasteiger partial charge in [0.1, 0.15) is 11.6 Å². The molecule has 0 radical (unpaired) electrons. The number of hydrogen-bond donors (Lipinski definition) is 1. The highest BCUT2D eigenvalue weighted by molar-refractivity contribution is 6.00. The zero-order valence-electron chi connectivity index (χ0n) is 26.1. The molecule has 0 atom stereocenters. The second-order valence-corrected chi connectivity index (χ2v) is 11.7. The Morgan fingerprint density at radius 3 is 2.40 bits per heavy atom. The molecule has 0 unspecified atom stereocenters. The molecule has 1 N–H and O–H groups in total. The number of esters is 1. The molecule has 1 saturated heterocycles. The molecule has 1 amide bonds. The van der Waals surface area contributed by atoms with Gasteiger partial charge in [-0.3, -0.25) is 19.5 Å². The summed E-state index contributed by atoms with van der Waals surface area (Å²) in [6, 6.07) is 13.0. The number of amides is 1. The van der Waals surface area contributed by atoms with E-state index in [0.717, 1.165) is 67.9 Å². The highest BCUT2D eigenvalue weighted by Gasteiger charge is 2.34. The van der Waals surface area contributed by atoms with Gasteiger partial charge in [0, 0.05) is 44.2 Å². The monoisotopic (exact) mass is 617 g/mol. The number of fused-ring (bicyclic) bond motifs is 1. The van der Waals surface area contributed by atoms with Crippen molar-refractivity contribution in [1.82, 2.24) is 14.8 Å². The van der Waals surface area contributed by atoms with Crippen LogP contribution in [-0.2, 0) is 22.5 Å². The number of pyridine rings is 1. The number of methoxy groups -OCH3 is 1.